The number of ether oxygens (including phenoxy) is 6. The van der Waals surface area contributed by atoms with E-state index in [1.54, 1.807) is 12.1 Å². The van der Waals surface area contributed by atoms with Crippen molar-refractivity contribution in [1.29, 1.82) is 0 Å². The Morgan fingerprint density at radius 3 is 1.40 bits per heavy atom. The number of benzene rings is 2. The normalized spacial score (nSPS) is 22.1. The topological polar surface area (TPSA) is 116 Å². The molecule has 0 unspecified atom stereocenters. The molecule has 2 aromatic heterocycles. The zero-order valence-electron chi connectivity index (χ0n) is 21.6. The van der Waals surface area contributed by atoms with Crippen LogP contribution in [0.15, 0.2) is 79.1 Å². The molecule has 1 saturated carbocycles. The van der Waals surface area contributed by atoms with Gasteiger partial charge in [-0.15, -0.1) is 0 Å². The molecule has 0 spiro atoms. The molecule has 0 radical (unpaired) electrons. The van der Waals surface area contributed by atoms with Crippen molar-refractivity contribution in [3.05, 3.63) is 104 Å². The zero-order valence-corrected chi connectivity index (χ0v) is 21.6. The fourth-order valence-corrected chi connectivity index (χ4v) is 6.04. The van der Waals surface area contributed by atoms with Gasteiger partial charge in [-0.25, -0.2) is 9.59 Å². The highest BCUT2D eigenvalue weighted by molar-refractivity contribution is 5.53. The number of rotatable bonds is 6. The lowest BCUT2D eigenvalue weighted by Crippen LogP contribution is -2.40. The van der Waals surface area contributed by atoms with Crippen LogP contribution in [0.4, 0.5) is 0 Å². The summed E-state index contributed by atoms with van der Waals surface area (Å²) >= 11 is 0. The van der Waals surface area contributed by atoms with Gasteiger partial charge in [0.2, 0.25) is 13.6 Å². The third kappa shape index (κ3) is 3.95. The van der Waals surface area contributed by atoms with Crippen molar-refractivity contribution >= 4 is 0 Å². The number of methoxy groups -OCH3 is 2. The molecule has 40 heavy (non-hydrogen) atoms. The van der Waals surface area contributed by atoms with E-state index < -0.39 is 23.1 Å². The van der Waals surface area contributed by atoms with Gasteiger partial charge in [-0.2, -0.15) is 0 Å². The van der Waals surface area contributed by atoms with E-state index in [1.165, 1.54) is 26.4 Å². The number of hydrogen-bond acceptors (Lipinski definition) is 10. The van der Waals surface area contributed by atoms with Crippen LogP contribution >= 0.6 is 0 Å². The van der Waals surface area contributed by atoms with Crippen LogP contribution in [0.5, 0.6) is 34.5 Å². The molecule has 0 N–H and O–H groups in total. The summed E-state index contributed by atoms with van der Waals surface area (Å²) in [5.41, 5.74) is 0.778. The monoisotopic (exact) mass is 544 g/mol. The first kappa shape index (κ1) is 24.2. The lowest BCUT2D eigenvalue weighted by molar-refractivity contribution is 0.164. The van der Waals surface area contributed by atoms with Gasteiger partial charge in [-0.05, 0) is 35.4 Å². The van der Waals surface area contributed by atoms with E-state index in [1.807, 2.05) is 36.4 Å². The van der Waals surface area contributed by atoms with Crippen LogP contribution in [0, 0.1) is 0 Å². The quantitative estimate of drug-likeness (QED) is 0.343. The minimum Gasteiger partial charge on any atom is -0.496 e. The molecule has 10 nitrogen and oxygen atoms in total. The molecular formula is C30H24O10. The summed E-state index contributed by atoms with van der Waals surface area (Å²) in [5, 5.41) is 0. The summed E-state index contributed by atoms with van der Waals surface area (Å²) < 4.78 is 44.8. The molecule has 4 heterocycles. The van der Waals surface area contributed by atoms with E-state index >= 15 is 0 Å². The minimum atomic E-state index is -0.545. The Bertz CT molecular complexity index is 1590. The summed E-state index contributed by atoms with van der Waals surface area (Å²) in [7, 11) is 2.98. The summed E-state index contributed by atoms with van der Waals surface area (Å²) in [6, 6.07) is 17.5. The molecule has 4 atom stereocenters. The molecular weight excluding hydrogens is 520 g/mol. The molecule has 0 amide bonds. The first-order valence-corrected chi connectivity index (χ1v) is 12.7. The maximum Gasteiger partial charge on any atom is 0.339 e. The molecule has 10 heteroatoms. The van der Waals surface area contributed by atoms with Crippen molar-refractivity contribution in [1.82, 2.24) is 0 Å². The number of hydrogen-bond donors (Lipinski definition) is 0. The maximum absolute atomic E-state index is 12.6. The lowest BCUT2D eigenvalue weighted by Gasteiger charge is -2.51. The van der Waals surface area contributed by atoms with Crippen molar-refractivity contribution in [2.45, 2.75) is 23.7 Å². The summed E-state index contributed by atoms with van der Waals surface area (Å²) in [4.78, 5) is 25.2. The van der Waals surface area contributed by atoms with Gasteiger partial charge in [0.25, 0.3) is 0 Å². The van der Waals surface area contributed by atoms with Gasteiger partial charge < -0.3 is 37.3 Å². The van der Waals surface area contributed by atoms with Gasteiger partial charge in [-0.3, -0.25) is 0 Å². The molecule has 3 aliphatic rings. The number of fused-ring (bicyclic) bond motifs is 2. The van der Waals surface area contributed by atoms with Gasteiger partial charge in [0.1, 0.15) is 23.0 Å². The van der Waals surface area contributed by atoms with Crippen molar-refractivity contribution in [2.75, 3.05) is 27.8 Å². The fourth-order valence-electron chi connectivity index (χ4n) is 6.04. The second-order valence-corrected chi connectivity index (χ2v) is 9.77. The van der Waals surface area contributed by atoms with Crippen LogP contribution in [0.25, 0.3) is 0 Å². The molecule has 1 aliphatic carbocycles. The predicted octanol–water partition coefficient (Wildman–Crippen LogP) is 4.52. The van der Waals surface area contributed by atoms with Crippen LogP contribution in [0.1, 0.15) is 46.3 Å². The molecule has 2 aliphatic heterocycles. The third-order valence-electron chi connectivity index (χ3n) is 7.77. The van der Waals surface area contributed by atoms with E-state index in [4.69, 9.17) is 37.3 Å². The van der Waals surface area contributed by atoms with Gasteiger partial charge >= 0.3 is 11.3 Å². The average Bonchev–Trinajstić information content (AvgIpc) is 3.61. The van der Waals surface area contributed by atoms with Crippen molar-refractivity contribution < 1.29 is 37.3 Å². The molecule has 4 aromatic rings. The SMILES string of the molecule is COc1cc([C@@H]2[C@@H](c3ccc4c(c3)OCO4)[C@@H](c3ccc4c(c3)OCO4)[C@@H]2c2cc(OC)cc(=O)o2)oc(=O)c1. The van der Waals surface area contributed by atoms with Crippen LogP contribution in [-0.4, -0.2) is 27.8 Å². The van der Waals surface area contributed by atoms with Crippen molar-refractivity contribution in [3.63, 3.8) is 0 Å². The van der Waals surface area contributed by atoms with Crippen LogP contribution in [-0.2, 0) is 0 Å². The smallest absolute Gasteiger partial charge is 0.339 e. The highest BCUT2D eigenvalue weighted by atomic mass is 16.7. The van der Waals surface area contributed by atoms with E-state index in [-0.39, 0.29) is 25.4 Å². The largest absolute Gasteiger partial charge is 0.496 e. The molecule has 1 fully saturated rings. The average molecular weight is 545 g/mol. The van der Waals surface area contributed by atoms with Gasteiger partial charge in [0.05, 0.1) is 26.4 Å². The Labute approximate surface area is 227 Å². The molecule has 204 valence electrons. The summed E-state index contributed by atoms with van der Waals surface area (Å²) in [6.45, 7) is 0.279. The van der Waals surface area contributed by atoms with Crippen LogP contribution in [0.3, 0.4) is 0 Å². The molecule has 0 bridgehead atoms. The van der Waals surface area contributed by atoms with Gasteiger partial charge in [-0.1, -0.05) is 12.1 Å². The fraction of sp³-hybridized carbons (Fsp3) is 0.267. The second kappa shape index (κ2) is 9.41. The maximum atomic E-state index is 12.6. The van der Waals surface area contributed by atoms with E-state index in [0.29, 0.717) is 46.0 Å². The Morgan fingerprint density at radius 1 is 0.550 bits per heavy atom. The van der Waals surface area contributed by atoms with Crippen molar-refractivity contribution in [3.8, 4) is 34.5 Å². The first-order valence-electron chi connectivity index (χ1n) is 12.7. The highest BCUT2D eigenvalue weighted by Gasteiger charge is 2.56. The predicted molar refractivity (Wildman–Crippen MR) is 139 cm³/mol. The van der Waals surface area contributed by atoms with Crippen molar-refractivity contribution in [2.24, 2.45) is 0 Å². The minimum absolute atomic E-state index is 0.140. The Kier molecular flexibility index (Phi) is 5.69. The molecule has 7 rings (SSSR count). The summed E-state index contributed by atoms with van der Waals surface area (Å²) in [6.07, 6.45) is 0. The van der Waals surface area contributed by atoms with Gasteiger partial charge in [0.15, 0.2) is 23.0 Å². The van der Waals surface area contributed by atoms with Crippen LogP contribution < -0.4 is 39.7 Å². The Hall–Kier alpha value is -4.86. The van der Waals surface area contributed by atoms with E-state index in [0.717, 1.165) is 11.1 Å². The van der Waals surface area contributed by atoms with Crippen LogP contribution in [0.2, 0.25) is 0 Å². The Balaban J connectivity index is 1.45. The van der Waals surface area contributed by atoms with E-state index in [9.17, 15) is 9.59 Å². The lowest BCUT2D eigenvalue weighted by atomic mass is 9.51. The highest BCUT2D eigenvalue weighted by Crippen LogP contribution is 2.67. The third-order valence-corrected chi connectivity index (χ3v) is 7.77. The zero-order chi connectivity index (χ0) is 27.4. The molecule has 0 saturated heterocycles. The van der Waals surface area contributed by atoms with Gasteiger partial charge in [0, 0.05) is 35.8 Å². The first-order chi connectivity index (χ1) is 19.5. The molecule has 2 aromatic carbocycles. The standard InChI is InChI=1S/C30H24O10/c1-33-17-9-23(39-25(31)11-17)29-27(15-3-5-19-21(7-15)37-13-35-19)28(16-4-6-20-22(8-16)38-14-36-20)30(29)24-10-18(34-2)12-26(32)40-24/h3-12,27-30H,13-14H2,1-2H3/t27-,28+,29+,30-. The van der Waals surface area contributed by atoms with E-state index in [2.05, 4.69) is 0 Å². The summed E-state index contributed by atoms with van der Waals surface area (Å²) in [5.74, 6) is 2.80. The second-order valence-electron chi connectivity index (χ2n) is 9.77. The Morgan fingerprint density at radius 2 is 0.975 bits per heavy atom.